The molecule has 0 N–H and O–H groups in total. The van der Waals surface area contributed by atoms with Crippen LogP contribution in [0.5, 0.6) is 0 Å². The second-order valence-electron chi connectivity index (χ2n) is 7.35. The van der Waals surface area contributed by atoms with E-state index in [4.69, 9.17) is 10.00 Å². The van der Waals surface area contributed by atoms with Gasteiger partial charge in [-0.2, -0.15) is 5.26 Å². The molecule has 2 aliphatic rings. The largest absolute Gasteiger partial charge is 0.373 e. The lowest BCUT2D eigenvalue weighted by atomic mass is 9.95. The van der Waals surface area contributed by atoms with E-state index < -0.39 is 0 Å². The molecule has 1 aromatic heterocycles. The quantitative estimate of drug-likeness (QED) is 0.853. The van der Waals surface area contributed by atoms with Gasteiger partial charge < -0.3 is 9.64 Å². The lowest BCUT2D eigenvalue weighted by Crippen LogP contribution is -2.48. The summed E-state index contributed by atoms with van der Waals surface area (Å²) in [7, 11) is 0. The third-order valence-corrected chi connectivity index (χ3v) is 5.14. The number of pyridine rings is 1. The molecule has 1 aromatic rings. The van der Waals surface area contributed by atoms with Gasteiger partial charge in [-0.1, -0.05) is 6.07 Å². The van der Waals surface area contributed by atoms with Gasteiger partial charge in [0.05, 0.1) is 12.2 Å². The van der Waals surface area contributed by atoms with Crippen LogP contribution in [0.25, 0.3) is 0 Å². The minimum absolute atomic E-state index is 0.343. The molecule has 3 rings (SSSR count). The second-order valence-corrected chi connectivity index (χ2v) is 7.35. The van der Waals surface area contributed by atoms with E-state index in [-0.39, 0.29) is 0 Å². The summed E-state index contributed by atoms with van der Waals surface area (Å²) in [4.78, 5) is 9.40. The summed E-state index contributed by atoms with van der Waals surface area (Å²) in [6.45, 7) is 11.6. The third kappa shape index (κ3) is 4.06. The molecule has 0 amide bonds. The lowest BCUT2D eigenvalue weighted by Gasteiger charge is -2.39. The fourth-order valence-corrected chi connectivity index (χ4v) is 3.95. The van der Waals surface area contributed by atoms with Crippen LogP contribution in [0.15, 0.2) is 12.1 Å². The van der Waals surface area contributed by atoms with Gasteiger partial charge in [0.25, 0.3) is 0 Å². The maximum absolute atomic E-state index is 9.16. The first-order chi connectivity index (χ1) is 11.5. The standard InChI is InChI=1S/C19H28N4O/c1-14-4-5-19(21-18(14)10-20)23-8-6-17(7-9-23)13-22-11-15(2)24-16(3)12-22/h4-5,15-17H,6-9,11-13H2,1-3H3. The fraction of sp³-hybridized carbons (Fsp3) is 0.684. The molecular weight excluding hydrogens is 300 g/mol. The first-order valence-electron chi connectivity index (χ1n) is 9.05. The molecule has 5 heteroatoms. The van der Waals surface area contributed by atoms with Gasteiger partial charge in [0.1, 0.15) is 17.6 Å². The van der Waals surface area contributed by atoms with E-state index in [1.54, 1.807) is 0 Å². The molecule has 2 saturated heterocycles. The van der Waals surface area contributed by atoms with Crippen molar-refractivity contribution in [3.8, 4) is 6.07 Å². The number of aryl methyl sites for hydroxylation is 1. The molecule has 5 nitrogen and oxygen atoms in total. The molecule has 0 radical (unpaired) electrons. The van der Waals surface area contributed by atoms with Crippen molar-refractivity contribution in [2.24, 2.45) is 5.92 Å². The van der Waals surface area contributed by atoms with Crippen molar-refractivity contribution in [1.82, 2.24) is 9.88 Å². The van der Waals surface area contributed by atoms with Crippen molar-refractivity contribution in [2.75, 3.05) is 37.6 Å². The van der Waals surface area contributed by atoms with Crippen LogP contribution in [0.1, 0.15) is 37.9 Å². The zero-order chi connectivity index (χ0) is 17.1. The Balaban J connectivity index is 1.53. The Morgan fingerprint density at radius 1 is 1.21 bits per heavy atom. The van der Waals surface area contributed by atoms with Crippen LogP contribution < -0.4 is 4.90 Å². The molecule has 2 unspecified atom stereocenters. The average molecular weight is 328 g/mol. The molecule has 24 heavy (non-hydrogen) atoms. The number of hydrogen-bond acceptors (Lipinski definition) is 5. The molecule has 0 spiro atoms. The normalized spacial score (nSPS) is 26.3. The molecular formula is C19H28N4O. The number of piperidine rings is 1. The predicted molar refractivity (Wildman–Crippen MR) is 95.1 cm³/mol. The monoisotopic (exact) mass is 328 g/mol. The highest BCUT2D eigenvalue weighted by Gasteiger charge is 2.27. The van der Waals surface area contributed by atoms with E-state index in [1.165, 1.54) is 19.4 Å². The van der Waals surface area contributed by atoms with E-state index >= 15 is 0 Å². The maximum atomic E-state index is 9.16. The zero-order valence-corrected chi connectivity index (χ0v) is 15.0. The number of morpholine rings is 1. The van der Waals surface area contributed by atoms with E-state index in [2.05, 4.69) is 34.7 Å². The first kappa shape index (κ1) is 17.2. The number of nitriles is 1. The molecule has 0 saturated carbocycles. The fourth-order valence-electron chi connectivity index (χ4n) is 3.95. The van der Waals surface area contributed by atoms with E-state index in [1.807, 2.05) is 19.1 Å². The van der Waals surface area contributed by atoms with Gasteiger partial charge in [0.15, 0.2) is 0 Å². The van der Waals surface area contributed by atoms with Gasteiger partial charge in [0.2, 0.25) is 0 Å². The van der Waals surface area contributed by atoms with Gasteiger partial charge in [-0.3, -0.25) is 4.90 Å². The number of ether oxygens (including phenoxy) is 1. The van der Waals surface area contributed by atoms with E-state index in [0.717, 1.165) is 43.5 Å². The Kier molecular flexibility index (Phi) is 5.37. The van der Waals surface area contributed by atoms with Gasteiger partial charge in [0, 0.05) is 32.7 Å². The number of hydrogen-bond donors (Lipinski definition) is 0. The minimum atomic E-state index is 0.343. The summed E-state index contributed by atoms with van der Waals surface area (Å²) >= 11 is 0. The maximum Gasteiger partial charge on any atom is 0.145 e. The summed E-state index contributed by atoms with van der Waals surface area (Å²) in [5.41, 5.74) is 1.50. The predicted octanol–water partition coefficient (Wildman–Crippen LogP) is 2.59. The SMILES string of the molecule is Cc1ccc(N2CCC(CN3CC(C)OC(C)C3)CC2)nc1C#N. The summed E-state index contributed by atoms with van der Waals surface area (Å²) in [5.74, 6) is 1.70. The van der Waals surface area contributed by atoms with Crippen molar-refractivity contribution in [2.45, 2.75) is 45.8 Å². The Hall–Kier alpha value is -1.64. The number of nitrogens with zero attached hydrogens (tertiary/aromatic N) is 4. The Morgan fingerprint density at radius 2 is 1.88 bits per heavy atom. The van der Waals surface area contributed by atoms with Crippen LogP contribution in [0.2, 0.25) is 0 Å². The molecule has 2 fully saturated rings. The molecule has 2 aliphatic heterocycles. The second kappa shape index (κ2) is 7.50. The van der Waals surface area contributed by atoms with Crippen molar-refractivity contribution in [3.05, 3.63) is 23.4 Å². The van der Waals surface area contributed by atoms with Crippen LogP contribution in [-0.4, -0.2) is 54.8 Å². The third-order valence-electron chi connectivity index (χ3n) is 5.14. The van der Waals surface area contributed by atoms with Crippen molar-refractivity contribution < 1.29 is 4.74 Å². The van der Waals surface area contributed by atoms with Crippen LogP contribution >= 0.6 is 0 Å². The molecule has 0 bridgehead atoms. The summed E-state index contributed by atoms with van der Waals surface area (Å²) in [6.07, 6.45) is 3.07. The number of aromatic nitrogens is 1. The molecule has 0 aromatic carbocycles. The zero-order valence-electron chi connectivity index (χ0n) is 15.0. The molecule has 3 heterocycles. The minimum Gasteiger partial charge on any atom is -0.373 e. The molecule has 2 atom stereocenters. The smallest absolute Gasteiger partial charge is 0.145 e. The van der Waals surface area contributed by atoms with E-state index in [0.29, 0.717) is 17.9 Å². The highest BCUT2D eigenvalue weighted by atomic mass is 16.5. The van der Waals surface area contributed by atoms with Crippen LogP contribution in [-0.2, 0) is 4.74 Å². The van der Waals surface area contributed by atoms with Crippen LogP contribution in [0.3, 0.4) is 0 Å². The van der Waals surface area contributed by atoms with Crippen molar-refractivity contribution >= 4 is 5.82 Å². The number of rotatable bonds is 3. The van der Waals surface area contributed by atoms with Gasteiger partial charge in [-0.05, 0) is 51.2 Å². The highest BCUT2D eigenvalue weighted by molar-refractivity contribution is 5.45. The summed E-state index contributed by atoms with van der Waals surface area (Å²) < 4.78 is 5.83. The number of anilines is 1. The molecule has 0 aliphatic carbocycles. The molecule has 130 valence electrons. The highest BCUT2D eigenvalue weighted by Crippen LogP contribution is 2.24. The topological polar surface area (TPSA) is 52.4 Å². The van der Waals surface area contributed by atoms with Gasteiger partial charge >= 0.3 is 0 Å². The average Bonchev–Trinajstić information content (AvgIpc) is 2.55. The summed E-state index contributed by atoms with van der Waals surface area (Å²) in [5, 5.41) is 9.16. The van der Waals surface area contributed by atoms with Gasteiger partial charge in [-0.15, -0.1) is 0 Å². The Bertz CT molecular complexity index is 594. The Morgan fingerprint density at radius 3 is 2.50 bits per heavy atom. The first-order valence-corrected chi connectivity index (χ1v) is 9.05. The van der Waals surface area contributed by atoms with Crippen molar-refractivity contribution in [1.29, 1.82) is 5.26 Å². The Labute approximate surface area is 145 Å². The lowest BCUT2D eigenvalue weighted by molar-refractivity contribution is -0.0720. The van der Waals surface area contributed by atoms with Crippen molar-refractivity contribution in [3.63, 3.8) is 0 Å². The summed E-state index contributed by atoms with van der Waals surface area (Å²) in [6, 6.07) is 6.24. The van der Waals surface area contributed by atoms with E-state index in [9.17, 15) is 0 Å². The van der Waals surface area contributed by atoms with Crippen LogP contribution in [0, 0.1) is 24.2 Å². The van der Waals surface area contributed by atoms with Crippen LogP contribution in [0.4, 0.5) is 5.82 Å². The van der Waals surface area contributed by atoms with Gasteiger partial charge in [-0.25, -0.2) is 4.98 Å².